The van der Waals surface area contributed by atoms with Crippen molar-refractivity contribution in [2.24, 2.45) is 0 Å². The molecule has 22 heteroatoms. The quantitative estimate of drug-likeness (QED) is 0.0271. The molecule has 11 nitrogen and oxygen atoms in total. The van der Waals surface area contributed by atoms with E-state index in [1.807, 2.05) is 74.3 Å². The maximum Gasteiger partial charge on any atom is -0.0134 e. The van der Waals surface area contributed by atoms with Gasteiger partial charge in [0.05, 0.1) is 5.69 Å². The molecule has 16 aromatic rings. The minimum Gasteiger partial charge on any atom is -0.0622 e. The SMILES string of the molecule is CC(C)c1ccc(NC(=O)N2CC=C(OS(=O)(=O)C(F)(F)F)CC2)cc1.Cc1[c-]nccc1.Cc1cccnc1C1=CCN(C(=O)Nc2ccc(C(C)C)cc2)CC1.[Pd].[Zn+][Br].c1ccc(P(c2ccccc2)c2ccccc2)cc1.c1ccc(P(c2ccccc2)c2ccccc2)cc1.c1ccc(P(c2ccccc2)c2ccccc2)cc1.c1ccc(P(c2ccccc2)c2ccccc2)cc1. The van der Waals surface area contributed by atoms with Gasteiger partial charge in [-0.25, -0.2) is 9.59 Å². The van der Waals surface area contributed by atoms with E-state index < -0.39 is 53.3 Å². The van der Waals surface area contributed by atoms with E-state index in [0.29, 0.717) is 30.6 Å². The first-order valence-corrected chi connectivity index (χ1v) is 58.5. The third-order valence-corrected chi connectivity index (χ3v) is 32.1. The summed E-state index contributed by atoms with van der Waals surface area (Å²) >= 11 is 4.25. The van der Waals surface area contributed by atoms with Crippen LogP contribution in [0.3, 0.4) is 0 Å². The second kappa shape index (κ2) is 57.6. The third kappa shape index (κ3) is 34.2. The monoisotopic (exact) mass is 2120 g/mol. The Morgan fingerprint density at radius 2 is 0.628 bits per heavy atom. The van der Waals surface area contributed by atoms with Gasteiger partial charge in [-0.15, -0.1) is 5.56 Å². The van der Waals surface area contributed by atoms with Crippen molar-refractivity contribution in [2.45, 2.75) is 71.7 Å². The molecule has 0 bridgehead atoms. The van der Waals surface area contributed by atoms with E-state index in [2.05, 4.69) is 454 Å². The Bertz CT molecular complexity index is 5520. The first-order chi connectivity index (χ1) is 66.2. The molecule has 696 valence electrons. The number of benzene rings is 14. The van der Waals surface area contributed by atoms with Crippen LogP contribution < -0.4 is 74.3 Å². The standard InChI is InChI=1S/C21H25N3O.4C18H15P.C16H19F3N2O4S.C6H6N.BrH.Pd.Zn/c1-15(2)17-6-8-19(9-7-17)23-21(25)24-13-10-18(11-14-24)20-16(3)5-4-12-22-20;4*1-4-10-16(11-5-1)19(17-12-6-2-7-13-17)18-14-8-3-9-15-18;1-11(2)12-3-5-13(6-4-12)20-15(22)21-9-7-14(8-10-21)25-26(23,24)16(17,18)19;1-6-3-2-4-7-5-6;;;/h4-10,12,15H,11,13-14H2,1-3H3,(H,23,25);4*1-15H;3-7,11H,8-10H2,1-2H3,(H,20,22);2-4H,1H3;1H;;/q;;;;;;-1;;;+2/p-1. The summed E-state index contributed by atoms with van der Waals surface area (Å²) in [6, 6.07) is 152. The molecule has 2 N–H and O–H groups in total. The minimum atomic E-state index is -5.68. The summed E-state index contributed by atoms with van der Waals surface area (Å²) in [6.07, 6.45) is 10.3. The van der Waals surface area contributed by atoms with Gasteiger partial charge in [-0.2, -0.15) is 33.7 Å². The fourth-order valence-corrected chi connectivity index (χ4v) is 24.2. The summed E-state index contributed by atoms with van der Waals surface area (Å²) < 4.78 is 62.9. The molecule has 0 fully saturated rings. The fraction of sp³-hybridized carbons (Fsp3) is 0.130. The number of hydrogen-bond donors (Lipinski definition) is 2. The van der Waals surface area contributed by atoms with Crippen LogP contribution in [0.4, 0.5) is 34.1 Å². The normalized spacial score (nSPS) is 12.0. The van der Waals surface area contributed by atoms with Crippen LogP contribution in [0.2, 0.25) is 0 Å². The van der Waals surface area contributed by atoms with Crippen LogP contribution in [0, 0.1) is 20.0 Å². The summed E-state index contributed by atoms with van der Waals surface area (Å²) in [6.45, 7) is 13.8. The molecule has 0 spiro atoms. The number of anilines is 2. The molecule has 0 saturated carbocycles. The molecule has 2 aliphatic heterocycles. The number of rotatable bonds is 19. The molecule has 0 radical (unpaired) electrons. The van der Waals surface area contributed by atoms with Gasteiger partial charge in [-0.05, 0) is 179 Å². The summed E-state index contributed by atoms with van der Waals surface area (Å²) in [4.78, 5) is 36.1. The Morgan fingerprint density at radius 1 is 0.372 bits per heavy atom. The third-order valence-electron chi connectivity index (χ3n) is 21.3. The van der Waals surface area contributed by atoms with Crippen molar-refractivity contribution in [3.8, 4) is 0 Å². The Kier molecular flexibility index (Phi) is 45.2. The maximum absolute atomic E-state index is 12.5. The van der Waals surface area contributed by atoms with Crippen LogP contribution in [-0.2, 0) is 51.1 Å². The van der Waals surface area contributed by atoms with Gasteiger partial charge in [0.25, 0.3) is 0 Å². The van der Waals surface area contributed by atoms with Gasteiger partial charge >= 0.3 is 57.7 Å². The van der Waals surface area contributed by atoms with Crippen molar-refractivity contribution in [1.82, 2.24) is 19.8 Å². The molecule has 4 amide bonds. The van der Waals surface area contributed by atoms with E-state index in [9.17, 15) is 31.2 Å². The Hall–Kier alpha value is -11.6. The number of hydrogen-bond acceptors (Lipinski definition) is 7. The molecule has 2 aromatic heterocycles. The number of amides is 4. The molecular weight excluding hydrogens is 2010 g/mol. The number of aromatic nitrogens is 2. The van der Waals surface area contributed by atoms with Crippen molar-refractivity contribution >= 4 is 148 Å². The average Bonchev–Trinajstić information content (AvgIpc) is 0.830. The molecule has 0 atom stereocenters. The number of carbonyl (C=O) groups excluding carboxylic acids is 2. The molecule has 2 aliphatic rings. The van der Waals surface area contributed by atoms with Gasteiger partial charge in [0, 0.05) is 70.6 Å². The van der Waals surface area contributed by atoms with Crippen molar-refractivity contribution in [1.29, 1.82) is 0 Å². The van der Waals surface area contributed by atoms with Crippen molar-refractivity contribution in [3.05, 3.63) is 501 Å². The van der Waals surface area contributed by atoms with Gasteiger partial charge in [-0.3, -0.25) is 4.98 Å². The van der Waals surface area contributed by atoms with Crippen molar-refractivity contribution < 1.29 is 72.1 Å². The van der Waals surface area contributed by atoms with Crippen molar-refractivity contribution in [3.63, 3.8) is 0 Å². The van der Waals surface area contributed by atoms with E-state index in [4.69, 9.17) is 0 Å². The summed E-state index contributed by atoms with van der Waals surface area (Å²) in [5, 5.41) is 22.4. The van der Waals surface area contributed by atoms with Gasteiger partial charge in [-0.1, -0.05) is 447 Å². The van der Waals surface area contributed by atoms with Gasteiger partial charge in [0.1, 0.15) is 5.76 Å². The first-order valence-electron chi connectivity index (χ1n) is 44.7. The van der Waals surface area contributed by atoms with Gasteiger partial charge < -0.3 is 29.6 Å². The zero-order valence-corrected chi connectivity index (χ0v) is 87.8. The minimum absolute atomic E-state index is 0. The van der Waals surface area contributed by atoms with E-state index in [-0.39, 0.29) is 51.7 Å². The molecule has 14 aromatic carbocycles. The molecule has 4 heterocycles. The smallest absolute Gasteiger partial charge is 0.0134 e. The second-order valence-electron chi connectivity index (χ2n) is 31.7. The Balaban J connectivity index is 0.000000167. The molecule has 137 heavy (non-hydrogen) atoms. The average molecular weight is 2120 g/mol. The fourth-order valence-electron chi connectivity index (χ4n) is 14.4. The van der Waals surface area contributed by atoms with Crippen LogP contribution in [-0.4, -0.2) is 71.9 Å². The predicted octanol–water partition coefficient (Wildman–Crippen LogP) is 24.4. The number of nitrogens with zero attached hydrogens (tertiary/aromatic N) is 4. The van der Waals surface area contributed by atoms with Crippen LogP contribution in [0.15, 0.2) is 467 Å². The van der Waals surface area contributed by atoms with E-state index in [0.717, 1.165) is 35.0 Å². The zero-order chi connectivity index (χ0) is 96.1. The number of carbonyl (C=O) groups is 2. The first kappa shape index (κ1) is 107. The van der Waals surface area contributed by atoms with Crippen LogP contribution in [0.25, 0.3) is 5.57 Å². The Labute approximate surface area is 842 Å². The summed E-state index contributed by atoms with van der Waals surface area (Å²) in [5.41, 5.74) is 2.88. The van der Waals surface area contributed by atoms with E-state index >= 15 is 0 Å². The zero-order valence-electron chi connectivity index (χ0n) is 77.3. The number of urea groups is 2. The van der Waals surface area contributed by atoms with Gasteiger partial charge in [0.2, 0.25) is 0 Å². The predicted molar refractivity (Wildman–Crippen MR) is 570 cm³/mol. The van der Waals surface area contributed by atoms with Crippen molar-refractivity contribution in [2.75, 3.05) is 36.8 Å². The number of aryl methyl sites for hydroxylation is 2. The molecule has 0 saturated heterocycles. The van der Waals surface area contributed by atoms with Crippen LogP contribution >= 0.6 is 45.3 Å². The Morgan fingerprint density at radius 3 is 0.825 bits per heavy atom. The largest absolute Gasteiger partial charge is 0.0622 e. The van der Waals surface area contributed by atoms with E-state index in [1.54, 1.807) is 18.3 Å². The number of halogens is 4. The number of alkyl halides is 3. The van der Waals surface area contributed by atoms with E-state index in [1.165, 1.54) is 102 Å². The summed E-state index contributed by atoms with van der Waals surface area (Å²) in [7, 11) is -7.47. The number of pyridine rings is 2. The maximum atomic E-state index is 12.5. The number of nitrogens with one attached hydrogen (secondary N) is 2. The topological polar surface area (TPSA) is 134 Å². The molecule has 18 rings (SSSR count). The molecular formula is C115H110BrF3N6O5P4PdSZn. The molecule has 0 aliphatic carbocycles. The van der Waals surface area contributed by atoms with Crippen LogP contribution in [0.1, 0.15) is 80.3 Å². The molecule has 0 unspecified atom stereocenters. The van der Waals surface area contributed by atoms with Crippen LogP contribution in [0.5, 0.6) is 0 Å². The second-order valence-corrected chi connectivity index (χ2v) is 42.1. The van der Waals surface area contributed by atoms with Gasteiger partial charge in [0.15, 0.2) is 0 Å². The summed E-state index contributed by atoms with van der Waals surface area (Å²) in [5.74, 6) is 0.525.